The van der Waals surface area contributed by atoms with Gasteiger partial charge in [-0.15, -0.1) is 0 Å². The van der Waals surface area contributed by atoms with Gasteiger partial charge in [0.1, 0.15) is 0 Å². The lowest BCUT2D eigenvalue weighted by Crippen LogP contribution is -2.65. The first-order valence-corrected chi connectivity index (χ1v) is 7.60. The fourth-order valence-electron chi connectivity index (χ4n) is 3.60. The predicted octanol–water partition coefficient (Wildman–Crippen LogP) is 1.79. The predicted molar refractivity (Wildman–Crippen MR) is 76.0 cm³/mol. The Morgan fingerprint density at radius 1 is 1.37 bits per heavy atom. The Morgan fingerprint density at radius 3 is 2.47 bits per heavy atom. The number of nitrogens with zero attached hydrogens (tertiary/aromatic N) is 1. The molecule has 2 fully saturated rings. The van der Waals surface area contributed by atoms with E-state index in [9.17, 15) is 4.79 Å². The van der Waals surface area contributed by atoms with E-state index in [1.807, 2.05) is 11.9 Å². The molecule has 110 valence electrons. The highest BCUT2D eigenvalue weighted by Gasteiger charge is 2.55. The van der Waals surface area contributed by atoms with Crippen LogP contribution >= 0.6 is 0 Å². The van der Waals surface area contributed by atoms with Crippen LogP contribution in [0.5, 0.6) is 0 Å². The van der Waals surface area contributed by atoms with Gasteiger partial charge in [0, 0.05) is 31.7 Å². The second kappa shape index (κ2) is 5.80. The number of rotatable bonds is 7. The molecule has 19 heavy (non-hydrogen) atoms. The third kappa shape index (κ3) is 2.65. The van der Waals surface area contributed by atoms with Crippen molar-refractivity contribution in [3.8, 4) is 0 Å². The highest BCUT2D eigenvalue weighted by atomic mass is 16.5. The standard InChI is InChI=1S/C15H28N2O2/c1-5-15(6-2)12(9-13(15)19-4)17(3)14(18)10-16-11-7-8-11/h11-13,16H,5-10H2,1-4H3/t12-,13+/m1/s1. The summed E-state index contributed by atoms with van der Waals surface area (Å²) in [6, 6.07) is 0.925. The summed E-state index contributed by atoms with van der Waals surface area (Å²) in [4.78, 5) is 14.2. The zero-order chi connectivity index (χ0) is 14.0. The van der Waals surface area contributed by atoms with E-state index in [2.05, 4.69) is 19.2 Å². The first-order chi connectivity index (χ1) is 9.08. The normalized spacial score (nSPS) is 28.8. The monoisotopic (exact) mass is 268 g/mol. The molecule has 2 aliphatic rings. The van der Waals surface area contributed by atoms with Crippen molar-refractivity contribution in [3.63, 3.8) is 0 Å². The molecule has 0 bridgehead atoms. The van der Waals surface area contributed by atoms with Gasteiger partial charge in [-0.1, -0.05) is 13.8 Å². The van der Waals surface area contributed by atoms with Crippen LogP contribution in [0.3, 0.4) is 0 Å². The summed E-state index contributed by atoms with van der Waals surface area (Å²) in [5, 5.41) is 3.31. The van der Waals surface area contributed by atoms with Crippen molar-refractivity contribution in [2.75, 3.05) is 20.7 Å². The zero-order valence-electron chi connectivity index (χ0n) is 12.7. The molecule has 0 aromatic heterocycles. The zero-order valence-corrected chi connectivity index (χ0v) is 12.7. The molecule has 2 rings (SSSR count). The van der Waals surface area contributed by atoms with Crippen LogP contribution in [0, 0.1) is 5.41 Å². The summed E-state index contributed by atoms with van der Waals surface area (Å²) in [6.07, 6.45) is 5.86. The summed E-state index contributed by atoms with van der Waals surface area (Å²) in [7, 11) is 3.74. The minimum atomic E-state index is 0.152. The number of carbonyl (C=O) groups excluding carboxylic acids is 1. The lowest BCUT2D eigenvalue weighted by atomic mass is 9.58. The number of likely N-dealkylation sites (N-methyl/N-ethyl adjacent to an activating group) is 1. The van der Waals surface area contributed by atoms with E-state index in [0.29, 0.717) is 24.7 Å². The third-order valence-corrected chi connectivity index (χ3v) is 5.32. The van der Waals surface area contributed by atoms with Crippen molar-refractivity contribution >= 4 is 5.91 Å². The van der Waals surface area contributed by atoms with E-state index in [0.717, 1.165) is 19.3 Å². The molecule has 4 heteroatoms. The largest absolute Gasteiger partial charge is 0.381 e. The summed E-state index contributed by atoms with van der Waals surface area (Å²) in [5.74, 6) is 0.220. The molecule has 2 aliphatic carbocycles. The number of nitrogens with one attached hydrogen (secondary N) is 1. The summed E-state index contributed by atoms with van der Waals surface area (Å²) < 4.78 is 5.60. The van der Waals surface area contributed by atoms with Gasteiger partial charge in [0.15, 0.2) is 0 Å². The Bertz CT molecular complexity index is 324. The van der Waals surface area contributed by atoms with Crippen LogP contribution in [0.15, 0.2) is 0 Å². The number of hydrogen-bond donors (Lipinski definition) is 1. The molecule has 4 nitrogen and oxygen atoms in total. The van der Waals surface area contributed by atoms with Crippen LogP contribution in [0.2, 0.25) is 0 Å². The first-order valence-electron chi connectivity index (χ1n) is 7.60. The van der Waals surface area contributed by atoms with Crippen LogP contribution < -0.4 is 5.32 Å². The average Bonchev–Trinajstić information content (AvgIpc) is 3.21. The Kier molecular flexibility index (Phi) is 4.51. The Balaban J connectivity index is 1.93. The average molecular weight is 268 g/mol. The molecule has 0 aromatic carbocycles. The molecule has 0 heterocycles. The number of carbonyl (C=O) groups is 1. The highest BCUT2D eigenvalue weighted by molar-refractivity contribution is 5.78. The van der Waals surface area contributed by atoms with Crippen LogP contribution in [-0.2, 0) is 9.53 Å². The molecule has 0 unspecified atom stereocenters. The summed E-state index contributed by atoms with van der Waals surface area (Å²) in [5.41, 5.74) is 0.152. The lowest BCUT2D eigenvalue weighted by molar-refractivity contribution is -0.169. The summed E-state index contributed by atoms with van der Waals surface area (Å²) >= 11 is 0. The van der Waals surface area contributed by atoms with E-state index in [4.69, 9.17) is 4.74 Å². The van der Waals surface area contributed by atoms with Crippen LogP contribution in [-0.4, -0.2) is 49.7 Å². The second-order valence-corrected chi connectivity index (χ2v) is 6.08. The van der Waals surface area contributed by atoms with Crippen LogP contribution in [0.1, 0.15) is 46.0 Å². The van der Waals surface area contributed by atoms with Crippen molar-refractivity contribution in [1.29, 1.82) is 0 Å². The van der Waals surface area contributed by atoms with Crippen molar-refractivity contribution in [1.82, 2.24) is 10.2 Å². The molecule has 0 aliphatic heterocycles. The maximum absolute atomic E-state index is 12.2. The highest BCUT2D eigenvalue weighted by Crippen LogP contribution is 2.50. The maximum atomic E-state index is 12.2. The van der Waals surface area contributed by atoms with Gasteiger partial charge < -0.3 is 15.0 Å². The van der Waals surface area contributed by atoms with Crippen LogP contribution in [0.4, 0.5) is 0 Å². The van der Waals surface area contributed by atoms with E-state index < -0.39 is 0 Å². The van der Waals surface area contributed by atoms with E-state index in [-0.39, 0.29) is 11.3 Å². The van der Waals surface area contributed by atoms with Gasteiger partial charge in [-0.2, -0.15) is 0 Å². The molecule has 2 saturated carbocycles. The first kappa shape index (κ1) is 14.8. The molecule has 0 aromatic rings. The van der Waals surface area contributed by atoms with Gasteiger partial charge in [0.05, 0.1) is 12.6 Å². The molecule has 2 atom stereocenters. The third-order valence-electron chi connectivity index (χ3n) is 5.32. The van der Waals surface area contributed by atoms with Gasteiger partial charge in [-0.05, 0) is 32.1 Å². The topological polar surface area (TPSA) is 41.6 Å². The van der Waals surface area contributed by atoms with E-state index >= 15 is 0 Å². The molecular formula is C15H28N2O2. The minimum Gasteiger partial charge on any atom is -0.381 e. The maximum Gasteiger partial charge on any atom is 0.236 e. The Morgan fingerprint density at radius 2 is 2.00 bits per heavy atom. The van der Waals surface area contributed by atoms with Gasteiger partial charge in [0.2, 0.25) is 5.91 Å². The fraction of sp³-hybridized carbons (Fsp3) is 0.933. The number of ether oxygens (including phenoxy) is 1. The molecule has 0 saturated heterocycles. The number of hydrogen-bond acceptors (Lipinski definition) is 3. The quantitative estimate of drug-likeness (QED) is 0.765. The van der Waals surface area contributed by atoms with Gasteiger partial charge in [-0.25, -0.2) is 0 Å². The van der Waals surface area contributed by atoms with Crippen molar-refractivity contribution in [3.05, 3.63) is 0 Å². The van der Waals surface area contributed by atoms with E-state index in [1.165, 1.54) is 12.8 Å². The Hall–Kier alpha value is -0.610. The van der Waals surface area contributed by atoms with Gasteiger partial charge in [-0.3, -0.25) is 4.79 Å². The molecule has 0 radical (unpaired) electrons. The SMILES string of the molecule is CCC1(CC)[C@@H](OC)C[C@H]1N(C)C(=O)CNC1CC1. The molecule has 1 amide bonds. The van der Waals surface area contributed by atoms with Crippen LogP contribution in [0.25, 0.3) is 0 Å². The second-order valence-electron chi connectivity index (χ2n) is 6.08. The molecule has 1 N–H and O–H groups in total. The smallest absolute Gasteiger partial charge is 0.236 e. The van der Waals surface area contributed by atoms with Gasteiger partial charge >= 0.3 is 0 Å². The minimum absolute atomic E-state index is 0.152. The van der Waals surface area contributed by atoms with E-state index in [1.54, 1.807) is 7.11 Å². The Labute approximate surface area is 116 Å². The summed E-state index contributed by atoms with van der Waals surface area (Å²) in [6.45, 7) is 4.91. The van der Waals surface area contributed by atoms with Crippen molar-refractivity contribution in [2.45, 2.75) is 64.1 Å². The molecular weight excluding hydrogens is 240 g/mol. The lowest BCUT2D eigenvalue weighted by Gasteiger charge is -2.57. The fourth-order valence-corrected chi connectivity index (χ4v) is 3.60. The van der Waals surface area contributed by atoms with Gasteiger partial charge in [0.25, 0.3) is 0 Å². The number of amides is 1. The molecule has 0 spiro atoms. The number of methoxy groups -OCH3 is 1. The van der Waals surface area contributed by atoms with Crippen molar-refractivity contribution < 1.29 is 9.53 Å². The van der Waals surface area contributed by atoms with Crippen molar-refractivity contribution in [2.24, 2.45) is 5.41 Å².